The van der Waals surface area contributed by atoms with Crippen LogP contribution in [-0.4, -0.2) is 11.5 Å². The quantitative estimate of drug-likeness (QED) is 0.709. The van der Waals surface area contributed by atoms with Gasteiger partial charge in [0.15, 0.2) is 0 Å². The molecule has 1 aromatic heterocycles. The van der Waals surface area contributed by atoms with Crippen LogP contribution in [-0.2, 0) is 6.54 Å². The Balaban J connectivity index is 2.25. The maximum absolute atomic E-state index is 13.5. The van der Waals surface area contributed by atoms with E-state index in [2.05, 4.69) is 26.2 Å². The molecule has 0 aliphatic rings. The van der Waals surface area contributed by atoms with Gasteiger partial charge < -0.3 is 10.1 Å². The van der Waals surface area contributed by atoms with E-state index in [-0.39, 0.29) is 5.02 Å². The van der Waals surface area contributed by atoms with Crippen LogP contribution in [0.2, 0.25) is 10.0 Å². The van der Waals surface area contributed by atoms with Crippen molar-refractivity contribution < 1.29 is 9.13 Å². The van der Waals surface area contributed by atoms with Crippen LogP contribution in [0.25, 0.3) is 0 Å². The molecule has 0 aliphatic heterocycles. The highest BCUT2D eigenvalue weighted by atomic mass is 79.9. The van der Waals surface area contributed by atoms with E-state index in [9.17, 15) is 4.39 Å². The first-order valence-electron chi connectivity index (χ1n) is 6.18. The maximum atomic E-state index is 13.5. The molecular formula is C14H12BrCl2FN2O. The number of halogens is 4. The highest BCUT2D eigenvalue weighted by molar-refractivity contribution is 9.10. The molecule has 1 N–H and O–H groups in total. The molecule has 0 saturated heterocycles. The summed E-state index contributed by atoms with van der Waals surface area (Å²) in [4.78, 5) is 4.08. The minimum absolute atomic E-state index is 0.0196. The van der Waals surface area contributed by atoms with Gasteiger partial charge in [-0.25, -0.2) is 9.37 Å². The lowest BCUT2D eigenvalue weighted by atomic mass is 10.2. The summed E-state index contributed by atoms with van der Waals surface area (Å²) in [5, 5.41) is 3.74. The Kier molecular flexibility index (Phi) is 5.81. The zero-order valence-electron chi connectivity index (χ0n) is 11.1. The van der Waals surface area contributed by atoms with Crippen LogP contribution in [0.5, 0.6) is 11.6 Å². The number of pyridine rings is 1. The predicted molar refractivity (Wildman–Crippen MR) is 85.8 cm³/mol. The summed E-state index contributed by atoms with van der Waals surface area (Å²) in [6.45, 7) is 3.42. The third-order valence-corrected chi connectivity index (χ3v) is 3.91. The van der Waals surface area contributed by atoms with Crippen molar-refractivity contribution in [3.8, 4) is 11.6 Å². The number of ether oxygens (including phenoxy) is 1. The van der Waals surface area contributed by atoms with Gasteiger partial charge in [0.25, 0.3) is 0 Å². The molecule has 0 saturated carbocycles. The molecule has 0 fully saturated rings. The summed E-state index contributed by atoms with van der Waals surface area (Å²) in [7, 11) is 0. The first-order chi connectivity index (χ1) is 10.0. The summed E-state index contributed by atoms with van der Waals surface area (Å²) in [6, 6.07) is 4.35. The fourth-order valence-electron chi connectivity index (χ4n) is 1.60. The van der Waals surface area contributed by atoms with Gasteiger partial charge in [0.1, 0.15) is 11.6 Å². The molecule has 1 aromatic carbocycles. The molecule has 0 radical (unpaired) electrons. The van der Waals surface area contributed by atoms with Crippen molar-refractivity contribution in [1.29, 1.82) is 0 Å². The van der Waals surface area contributed by atoms with Crippen molar-refractivity contribution in [3.05, 3.63) is 50.3 Å². The fraction of sp³-hybridized carbons (Fsp3) is 0.214. The highest BCUT2D eigenvalue weighted by Gasteiger charge is 2.11. The van der Waals surface area contributed by atoms with E-state index in [0.29, 0.717) is 27.7 Å². The predicted octanol–water partition coefficient (Wildman–Crippen LogP) is 5.19. The van der Waals surface area contributed by atoms with Crippen molar-refractivity contribution in [2.75, 3.05) is 6.54 Å². The van der Waals surface area contributed by atoms with Crippen LogP contribution in [0, 0.1) is 5.82 Å². The lowest BCUT2D eigenvalue weighted by Crippen LogP contribution is -2.12. The smallest absolute Gasteiger partial charge is 0.219 e. The minimum Gasteiger partial charge on any atom is -0.438 e. The van der Waals surface area contributed by atoms with Gasteiger partial charge in [-0.15, -0.1) is 0 Å². The highest BCUT2D eigenvalue weighted by Crippen LogP contribution is 2.33. The van der Waals surface area contributed by atoms with Gasteiger partial charge in [-0.05, 0) is 34.1 Å². The van der Waals surface area contributed by atoms with E-state index in [1.165, 1.54) is 18.3 Å². The van der Waals surface area contributed by atoms with Gasteiger partial charge >= 0.3 is 0 Å². The Morgan fingerprint density at radius 1 is 1.29 bits per heavy atom. The van der Waals surface area contributed by atoms with Crippen LogP contribution in [0.4, 0.5) is 4.39 Å². The number of hydrogen-bond acceptors (Lipinski definition) is 3. The first-order valence-corrected chi connectivity index (χ1v) is 7.73. The Hall–Kier alpha value is -0.880. The summed E-state index contributed by atoms with van der Waals surface area (Å²) >= 11 is 15.0. The number of nitrogens with zero attached hydrogens (tertiary/aromatic N) is 1. The molecule has 0 bridgehead atoms. The van der Waals surface area contributed by atoms with Crippen LogP contribution >= 0.6 is 39.1 Å². The molecule has 0 amide bonds. The van der Waals surface area contributed by atoms with E-state index in [1.807, 2.05) is 6.92 Å². The van der Waals surface area contributed by atoms with Crippen molar-refractivity contribution in [1.82, 2.24) is 10.3 Å². The zero-order valence-corrected chi connectivity index (χ0v) is 14.2. The molecule has 1 heterocycles. The Morgan fingerprint density at radius 3 is 2.76 bits per heavy atom. The lowest BCUT2D eigenvalue weighted by Gasteiger charge is -2.10. The number of benzene rings is 1. The van der Waals surface area contributed by atoms with Gasteiger partial charge in [0.05, 0.1) is 14.5 Å². The van der Waals surface area contributed by atoms with Gasteiger partial charge in [0.2, 0.25) is 5.88 Å². The molecule has 0 aliphatic carbocycles. The average molecular weight is 394 g/mol. The molecule has 0 atom stereocenters. The van der Waals surface area contributed by atoms with Gasteiger partial charge in [-0.2, -0.15) is 0 Å². The van der Waals surface area contributed by atoms with E-state index in [1.54, 1.807) is 6.07 Å². The standard InChI is InChI=1S/C14H12BrCl2FN2O/c1-2-19-6-8-3-14(20-7-11(8)17)21-13-5-12(18)10(16)4-9(13)15/h3-5,7,19H,2,6H2,1H3. The first kappa shape index (κ1) is 16.5. The summed E-state index contributed by atoms with van der Waals surface area (Å²) in [5.41, 5.74) is 0.856. The summed E-state index contributed by atoms with van der Waals surface area (Å²) in [6.07, 6.45) is 1.50. The van der Waals surface area contributed by atoms with Crippen LogP contribution < -0.4 is 10.1 Å². The van der Waals surface area contributed by atoms with E-state index < -0.39 is 5.82 Å². The molecule has 112 valence electrons. The van der Waals surface area contributed by atoms with Crippen LogP contribution in [0.3, 0.4) is 0 Å². The average Bonchev–Trinajstić information content (AvgIpc) is 2.45. The number of nitrogens with one attached hydrogen (secondary N) is 1. The SMILES string of the molecule is CCNCc1cc(Oc2cc(F)c(Cl)cc2Br)ncc1Cl. The molecule has 21 heavy (non-hydrogen) atoms. The Labute approximate surface area is 140 Å². The molecule has 7 heteroatoms. The topological polar surface area (TPSA) is 34.1 Å². The normalized spacial score (nSPS) is 10.7. The van der Waals surface area contributed by atoms with Crippen LogP contribution in [0.1, 0.15) is 12.5 Å². The van der Waals surface area contributed by atoms with Gasteiger partial charge in [-0.3, -0.25) is 0 Å². The molecule has 3 nitrogen and oxygen atoms in total. The minimum atomic E-state index is -0.559. The molecule has 0 unspecified atom stereocenters. The lowest BCUT2D eigenvalue weighted by molar-refractivity contribution is 0.454. The van der Waals surface area contributed by atoms with E-state index >= 15 is 0 Å². The van der Waals surface area contributed by atoms with Crippen molar-refractivity contribution in [3.63, 3.8) is 0 Å². The second-order valence-electron chi connectivity index (χ2n) is 4.19. The molecule has 2 rings (SSSR count). The Bertz CT molecular complexity index is 655. The monoisotopic (exact) mass is 392 g/mol. The second kappa shape index (κ2) is 7.40. The van der Waals surface area contributed by atoms with Gasteiger partial charge in [-0.1, -0.05) is 30.1 Å². The van der Waals surface area contributed by atoms with Gasteiger partial charge in [0, 0.05) is 24.9 Å². The molecule has 0 spiro atoms. The van der Waals surface area contributed by atoms with Crippen molar-refractivity contribution in [2.45, 2.75) is 13.5 Å². The third kappa shape index (κ3) is 4.30. The third-order valence-electron chi connectivity index (χ3n) is 2.66. The number of rotatable bonds is 5. The Morgan fingerprint density at radius 2 is 2.05 bits per heavy atom. The van der Waals surface area contributed by atoms with E-state index in [4.69, 9.17) is 27.9 Å². The van der Waals surface area contributed by atoms with Crippen molar-refractivity contribution >= 4 is 39.1 Å². The molecular weight excluding hydrogens is 382 g/mol. The van der Waals surface area contributed by atoms with Crippen LogP contribution in [0.15, 0.2) is 28.9 Å². The zero-order chi connectivity index (χ0) is 15.4. The fourth-order valence-corrected chi connectivity index (χ4v) is 2.49. The maximum Gasteiger partial charge on any atom is 0.219 e. The molecule has 2 aromatic rings. The van der Waals surface area contributed by atoms with Crippen molar-refractivity contribution in [2.24, 2.45) is 0 Å². The summed E-state index contributed by atoms with van der Waals surface area (Å²) < 4.78 is 19.6. The largest absolute Gasteiger partial charge is 0.438 e. The van der Waals surface area contributed by atoms with E-state index in [0.717, 1.165) is 12.1 Å². The number of aromatic nitrogens is 1. The number of hydrogen-bond donors (Lipinski definition) is 1. The summed E-state index contributed by atoms with van der Waals surface area (Å²) in [5.74, 6) is 0.0625. The second-order valence-corrected chi connectivity index (χ2v) is 5.86.